The summed E-state index contributed by atoms with van der Waals surface area (Å²) in [6.07, 6.45) is 5.67. The molecule has 0 atom stereocenters. The van der Waals surface area contributed by atoms with Crippen LogP contribution in [0.3, 0.4) is 0 Å². The van der Waals surface area contributed by atoms with Crippen LogP contribution in [0.4, 0.5) is 0 Å². The molecule has 0 N–H and O–H groups in total. The molecule has 0 aliphatic heterocycles. The molecule has 0 saturated carbocycles. The zero-order chi connectivity index (χ0) is 24.9. The van der Waals surface area contributed by atoms with Crippen LogP contribution >= 0.6 is 0 Å². The van der Waals surface area contributed by atoms with Crippen molar-refractivity contribution in [2.45, 2.75) is 0 Å². The predicted octanol–water partition coefficient (Wildman–Crippen LogP) is 5.77. The summed E-state index contributed by atoms with van der Waals surface area (Å²) in [5.41, 5.74) is 6.42. The molecule has 0 spiro atoms. The van der Waals surface area contributed by atoms with Crippen LogP contribution in [-0.4, -0.2) is 15.0 Å². The van der Waals surface area contributed by atoms with Crippen LogP contribution in [0, 0.1) is 0 Å². The van der Waals surface area contributed by atoms with Crippen LogP contribution in [0.25, 0.3) is 33.8 Å². The molecular formula is C33H24N3Ru. The SMILES string of the molecule is c1ccc(-c2nccc[c]2[Ru]([c]2cccnc2-c2ccccc2)[c]2cccnc2-c2ccccc2)cc1. The van der Waals surface area contributed by atoms with E-state index in [1.54, 1.807) is 0 Å². The molecule has 0 saturated heterocycles. The Balaban J connectivity index is 1.66. The monoisotopic (exact) mass is 564 g/mol. The van der Waals surface area contributed by atoms with Crippen molar-refractivity contribution in [3.63, 3.8) is 0 Å². The molecule has 0 aliphatic rings. The molecule has 3 aromatic heterocycles. The van der Waals surface area contributed by atoms with Crippen molar-refractivity contribution in [2.24, 2.45) is 0 Å². The van der Waals surface area contributed by atoms with Gasteiger partial charge in [0.1, 0.15) is 0 Å². The number of hydrogen-bond acceptors (Lipinski definition) is 3. The molecule has 0 bridgehead atoms. The number of hydrogen-bond donors (Lipinski definition) is 0. The van der Waals surface area contributed by atoms with Gasteiger partial charge in [-0.25, -0.2) is 0 Å². The molecule has 6 aromatic rings. The van der Waals surface area contributed by atoms with Gasteiger partial charge in [0.15, 0.2) is 0 Å². The number of pyridine rings is 3. The van der Waals surface area contributed by atoms with Crippen LogP contribution < -0.4 is 12.5 Å². The van der Waals surface area contributed by atoms with E-state index in [-0.39, 0.29) is 0 Å². The van der Waals surface area contributed by atoms with Gasteiger partial charge in [-0.05, 0) is 0 Å². The average Bonchev–Trinajstić information content (AvgIpc) is 2.99. The zero-order valence-corrected chi connectivity index (χ0v) is 21.8. The Hall–Kier alpha value is -4.27. The second kappa shape index (κ2) is 10.8. The van der Waals surface area contributed by atoms with Crippen LogP contribution in [0.5, 0.6) is 0 Å². The Labute approximate surface area is 222 Å². The van der Waals surface area contributed by atoms with E-state index in [1.807, 2.05) is 36.8 Å². The van der Waals surface area contributed by atoms with Gasteiger partial charge in [0.2, 0.25) is 0 Å². The zero-order valence-electron chi connectivity index (χ0n) is 20.1. The third-order valence-corrected chi connectivity index (χ3v) is 10.9. The minimum absolute atomic E-state index is 1.02. The topological polar surface area (TPSA) is 38.7 Å². The predicted molar refractivity (Wildman–Crippen MR) is 148 cm³/mol. The number of aromatic nitrogens is 3. The summed E-state index contributed by atoms with van der Waals surface area (Å²) in [6.45, 7) is 0. The first kappa shape index (κ1) is 23.2. The number of nitrogens with zero attached hydrogens (tertiary/aromatic N) is 3. The first-order valence-corrected chi connectivity index (χ1v) is 14.7. The Morgan fingerprint density at radius 1 is 0.324 bits per heavy atom. The van der Waals surface area contributed by atoms with Gasteiger partial charge in [0.25, 0.3) is 0 Å². The van der Waals surface area contributed by atoms with E-state index in [4.69, 9.17) is 15.0 Å². The summed E-state index contributed by atoms with van der Waals surface area (Å²) in [7, 11) is 0. The molecule has 4 heteroatoms. The van der Waals surface area contributed by atoms with E-state index in [0.29, 0.717) is 0 Å². The van der Waals surface area contributed by atoms with Gasteiger partial charge in [-0.1, -0.05) is 0 Å². The molecule has 37 heavy (non-hydrogen) atoms. The Morgan fingerprint density at radius 3 is 0.919 bits per heavy atom. The standard InChI is InChI=1S/3C11H8N.Ru/c3*1-2-6-10(7-3-1)11-8-4-5-9-12-11;/h3*1-7,9H;. The number of benzene rings is 3. The van der Waals surface area contributed by atoms with Crippen molar-refractivity contribution in [1.29, 1.82) is 0 Å². The fourth-order valence-electron chi connectivity index (χ4n) is 4.30. The molecule has 0 aliphatic carbocycles. The van der Waals surface area contributed by atoms with Crippen LogP contribution in [0.2, 0.25) is 0 Å². The average molecular weight is 564 g/mol. The summed E-state index contributed by atoms with van der Waals surface area (Å²) in [4.78, 5) is 14.8. The van der Waals surface area contributed by atoms with E-state index in [1.165, 1.54) is 12.5 Å². The maximum absolute atomic E-state index is 4.92. The second-order valence-electron chi connectivity index (χ2n) is 8.33. The molecule has 0 unspecified atom stereocenters. The van der Waals surface area contributed by atoms with Crippen molar-refractivity contribution in [3.05, 3.63) is 146 Å². The molecule has 3 nitrogen and oxygen atoms in total. The third kappa shape index (κ3) is 4.76. The summed E-state index contributed by atoms with van der Waals surface area (Å²) in [5.74, 6) is 0. The normalized spacial score (nSPS) is 11.2. The van der Waals surface area contributed by atoms with Crippen molar-refractivity contribution >= 4 is 12.5 Å². The molecule has 0 radical (unpaired) electrons. The van der Waals surface area contributed by atoms with Gasteiger partial charge in [0, 0.05) is 0 Å². The summed E-state index contributed by atoms with van der Waals surface area (Å²) in [5, 5.41) is 0. The summed E-state index contributed by atoms with van der Waals surface area (Å²) in [6, 6.07) is 44.3. The molecule has 179 valence electrons. The summed E-state index contributed by atoms with van der Waals surface area (Å²) >= 11 is -2.19. The van der Waals surface area contributed by atoms with Crippen LogP contribution in [0.1, 0.15) is 0 Å². The van der Waals surface area contributed by atoms with Crippen molar-refractivity contribution in [2.75, 3.05) is 0 Å². The summed E-state index contributed by atoms with van der Waals surface area (Å²) < 4.78 is 3.77. The van der Waals surface area contributed by atoms with Crippen LogP contribution in [0.15, 0.2) is 146 Å². The van der Waals surface area contributed by atoms with Crippen molar-refractivity contribution in [1.82, 2.24) is 15.0 Å². The minimum atomic E-state index is -2.19. The van der Waals surface area contributed by atoms with E-state index >= 15 is 0 Å². The van der Waals surface area contributed by atoms with Crippen LogP contribution in [-0.2, 0) is 16.0 Å². The number of rotatable bonds is 6. The molecule has 0 amide bonds. The van der Waals surface area contributed by atoms with Gasteiger partial charge in [-0.15, -0.1) is 0 Å². The van der Waals surface area contributed by atoms with E-state index < -0.39 is 16.0 Å². The molecule has 6 rings (SSSR count). The molecular weight excluding hydrogens is 539 g/mol. The first-order chi connectivity index (χ1) is 18.4. The second-order valence-corrected chi connectivity index (χ2v) is 12.4. The first-order valence-electron chi connectivity index (χ1n) is 12.1. The van der Waals surface area contributed by atoms with E-state index in [9.17, 15) is 0 Å². The van der Waals surface area contributed by atoms with Gasteiger partial charge >= 0.3 is 223 Å². The van der Waals surface area contributed by atoms with Gasteiger partial charge in [-0.3, -0.25) is 0 Å². The fraction of sp³-hybridized carbons (Fsp3) is 0. The Morgan fingerprint density at radius 2 is 0.622 bits per heavy atom. The fourth-order valence-corrected chi connectivity index (χ4v) is 9.50. The van der Waals surface area contributed by atoms with Crippen molar-refractivity contribution < 1.29 is 16.0 Å². The van der Waals surface area contributed by atoms with Crippen molar-refractivity contribution in [3.8, 4) is 33.8 Å². The van der Waals surface area contributed by atoms with Gasteiger partial charge in [-0.2, -0.15) is 0 Å². The molecule has 3 heterocycles. The molecule has 0 fully saturated rings. The quantitative estimate of drug-likeness (QED) is 0.242. The Bertz CT molecular complexity index is 1420. The van der Waals surface area contributed by atoms with E-state index in [2.05, 4.69) is 109 Å². The van der Waals surface area contributed by atoms with Gasteiger partial charge in [0.05, 0.1) is 0 Å². The van der Waals surface area contributed by atoms with Gasteiger partial charge < -0.3 is 0 Å². The maximum atomic E-state index is 4.92. The third-order valence-electron chi connectivity index (χ3n) is 5.96. The Kier molecular flexibility index (Phi) is 6.74. The van der Waals surface area contributed by atoms with E-state index in [0.717, 1.165) is 33.8 Å². The molecule has 3 aromatic carbocycles.